The van der Waals surface area contributed by atoms with E-state index in [1.807, 2.05) is 54.9 Å². The van der Waals surface area contributed by atoms with Gasteiger partial charge in [0.25, 0.3) is 0 Å². The van der Waals surface area contributed by atoms with Gasteiger partial charge in [0.1, 0.15) is 0 Å². The minimum Gasteiger partial charge on any atom is -0.366 e. The first-order valence-electron chi connectivity index (χ1n) is 8.92. The second-order valence-corrected chi connectivity index (χ2v) is 6.45. The summed E-state index contributed by atoms with van der Waals surface area (Å²) in [5.74, 6) is -0.717. The van der Waals surface area contributed by atoms with Crippen molar-refractivity contribution in [3.63, 3.8) is 0 Å². The maximum absolute atomic E-state index is 12.2. The largest absolute Gasteiger partial charge is 0.366 e. The van der Waals surface area contributed by atoms with E-state index in [0.29, 0.717) is 12.1 Å². The van der Waals surface area contributed by atoms with E-state index in [9.17, 15) is 9.59 Å². The lowest BCUT2D eigenvalue weighted by molar-refractivity contribution is -0.116. The van der Waals surface area contributed by atoms with E-state index >= 15 is 0 Å². The highest BCUT2D eigenvalue weighted by Gasteiger charge is 2.10. The van der Waals surface area contributed by atoms with Crippen LogP contribution in [0.15, 0.2) is 60.7 Å². The van der Waals surface area contributed by atoms with Crippen LogP contribution < -0.4 is 11.1 Å². The highest BCUT2D eigenvalue weighted by molar-refractivity contribution is 5.93. The third-order valence-electron chi connectivity index (χ3n) is 4.43. The van der Waals surface area contributed by atoms with Crippen molar-refractivity contribution in [3.05, 3.63) is 88.8 Å². The van der Waals surface area contributed by atoms with Gasteiger partial charge in [-0.2, -0.15) is 5.10 Å². The molecular weight excluding hydrogens is 352 g/mol. The third kappa shape index (κ3) is 4.35. The zero-order valence-electron chi connectivity index (χ0n) is 15.8. The Balaban J connectivity index is 1.69. The molecule has 0 aliphatic heterocycles. The number of benzene rings is 2. The van der Waals surface area contributed by atoms with Crippen molar-refractivity contribution in [2.24, 2.45) is 5.73 Å². The maximum Gasteiger partial charge on any atom is 0.248 e. The van der Waals surface area contributed by atoms with Gasteiger partial charge in [0, 0.05) is 29.4 Å². The van der Waals surface area contributed by atoms with E-state index in [1.165, 1.54) is 6.08 Å². The van der Waals surface area contributed by atoms with Crippen molar-refractivity contribution in [3.8, 4) is 5.69 Å². The van der Waals surface area contributed by atoms with E-state index in [1.54, 1.807) is 24.3 Å². The normalized spacial score (nSPS) is 10.9. The van der Waals surface area contributed by atoms with E-state index in [4.69, 9.17) is 5.73 Å². The summed E-state index contributed by atoms with van der Waals surface area (Å²) in [6.45, 7) is 4.20. The summed E-state index contributed by atoms with van der Waals surface area (Å²) >= 11 is 0. The Morgan fingerprint density at radius 3 is 2.57 bits per heavy atom. The monoisotopic (exact) mass is 374 g/mol. The smallest absolute Gasteiger partial charge is 0.248 e. The second-order valence-electron chi connectivity index (χ2n) is 6.45. The number of rotatable bonds is 6. The third-order valence-corrected chi connectivity index (χ3v) is 4.43. The standard InChI is InChI=1S/C22H22N4O2/c1-15-20(16(2)26(25-15)19-9-4-3-5-10-19)11-12-21(27)24-14-17-7-6-8-18(13-17)22(23)28/h3-13H,14H2,1-2H3,(H2,23,28)(H,24,27)/b12-11+. The van der Waals surface area contributed by atoms with Gasteiger partial charge in [0.05, 0.1) is 11.4 Å². The van der Waals surface area contributed by atoms with Crippen LogP contribution in [0.2, 0.25) is 0 Å². The summed E-state index contributed by atoms with van der Waals surface area (Å²) in [6, 6.07) is 16.7. The number of carbonyl (C=O) groups is 2. The molecule has 0 atom stereocenters. The summed E-state index contributed by atoms with van der Waals surface area (Å²) in [5.41, 5.74) is 10.2. The molecule has 0 fully saturated rings. The van der Waals surface area contributed by atoms with Gasteiger partial charge in [-0.1, -0.05) is 30.3 Å². The minimum atomic E-state index is -0.491. The molecule has 0 radical (unpaired) electrons. The van der Waals surface area contributed by atoms with Gasteiger partial charge in [0.2, 0.25) is 11.8 Å². The molecule has 1 aromatic heterocycles. The fourth-order valence-electron chi connectivity index (χ4n) is 2.96. The van der Waals surface area contributed by atoms with Crippen molar-refractivity contribution in [1.82, 2.24) is 15.1 Å². The first-order chi connectivity index (χ1) is 13.5. The van der Waals surface area contributed by atoms with Gasteiger partial charge >= 0.3 is 0 Å². The van der Waals surface area contributed by atoms with E-state index < -0.39 is 5.91 Å². The number of primary amides is 1. The van der Waals surface area contributed by atoms with Gasteiger partial charge < -0.3 is 11.1 Å². The lowest BCUT2D eigenvalue weighted by Crippen LogP contribution is -2.20. The maximum atomic E-state index is 12.2. The number of nitrogens with one attached hydrogen (secondary N) is 1. The summed E-state index contributed by atoms with van der Waals surface area (Å²) in [4.78, 5) is 23.4. The fraction of sp³-hybridized carbons (Fsp3) is 0.136. The Morgan fingerprint density at radius 2 is 1.86 bits per heavy atom. The van der Waals surface area contributed by atoms with Gasteiger partial charge in [0.15, 0.2) is 0 Å². The number of nitrogens with two attached hydrogens (primary N) is 1. The molecule has 28 heavy (non-hydrogen) atoms. The summed E-state index contributed by atoms with van der Waals surface area (Å²) in [7, 11) is 0. The lowest BCUT2D eigenvalue weighted by atomic mass is 10.1. The average Bonchev–Trinajstić information content (AvgIpc) is 2.99. The van der Waals surface area contributed by atoms with Crippen LogP contribution >= 0.6 is 0 Å². The Labute approximate surface area is 163 Å². The van der Waals surface area contributed by atoms with Crippen LogP contribution in [0.3, 0.4) is 0 Å². The number of nitrogens with zero attached hydrogens (tertiary/aromatic N) is 2. The van der Waals surface area contributed by atoms with E-state index in [2.05, 4.69) is 10.4 Å². The zero-order valence-corrected chi connectivity index (χ0v) is 15.8. The highest BCUT2D eigenvalue weighted by Crippen LogP contribution is 2.19. The molecule has 0 aliphatic carbocycles. The molecule has 2 aromatic carbocycles. The topological polar surface area (TPSA) is 90.0 Å². The SMILES string of the molecule is Cc1nn(-c2ccccc2)c(C)c1/C=C/C(=O)NCc1cccc(C(N)=O)c1. The second kappa shape index (κ2) is 8.35. The fourth-order valence-corrected chi connectivity index (χ4v) is 2.96. The van der Waals surface area contributed by atoms with Crippen LogP contribution in [0.4, 0.5) is 0 Å². The molecule has 2 amide bonds. The average molecular weight is 374 g/mol. The van der Waals surface area contributed by atoms with Crippen LogP contribution in [-0.2, 0) is 11.3 Å². The number of para-hydroxylation sites is 1. The van der Waals surface area contributed by atoms with Crippen molar-refractivity contribution < 1.29 is 9.59 Å². The summed E-state index contributed by atoms with van der Waals surface area (Å²) in [6.07, 6.45) is 3.26. The minimum absolute atomic E-state index is 0.226. The molecule has 6 nitrogen and oxygen atoms in total. The Bertz CT molecular complexity index is 1040. The number of hydrogen-bond donors (Lipinski definition) is 2. The van der Waals surface area contributed by atoms with Gasteiger partial charge in [-0.25, -0.2) is 4.68 Å². The predicted molar refractivity (Wildman–Crippen MR) is 109 cm³/mol. The van der Waals surface area contributed by atoms with Crippen LogP contribution in [0.1, 0.15) is 32.9 Å². The molecular formula is C22H22N4O2. The highest BCUT2D eigenvalue weighted by atomic mass is 16.1. The molecule has 3 N–H and O–H groups in total. The zero-order chi connectivity index (χ0) is 20.1. The molecule has 3 rings (SSSR count). The number of aromatic nitrogens is 2. The number of amides is 2. The summed E-state index contributed by atoms with van der Waals surface area (Å²) < 4.78 is 1.86. The van der Waals surface area contributed by atoms with Crippen LogP contribution in [0.25, 0.3) is 11.8 Å². The van der Waals surface area contributed by atoms with Gasteiger partial charge in [-0.15, -0.1) is 0 Å². The predicted octanol–water partition coefficient (Wildman–Crippen LogP) is 2.92. The Kier molecular flexibility index (Phi) is 5.69. The molecule has 3 aromatic rings. The molecule has 0 saturated heterocycles. The Morgan fingerprint density at radius 1 is 1.11 bits per heavy atom. The first-order valence-corrected chi connectivity index (χ1v) is 8.92. The van der Waals surface area contributed by atoms with Gasteiger partial charge in [-0.3, -0.25) is 9.59 Å². The molecule has 0 saturated carbocycles. The van der Waals surface area contributed by atoms with Gasteiger partial charge in [-0.05, 0) is 49.8 Å². The number of carbonyl (C=O) groups excluding carboxylic acids is 2. The van der Waals surface area contributed by atoms with Crippen LogP contribution in [-0.4, -0.2) is 21.6 Å². The number of aryl methyl sites for hydroxylation is 1. The molecule has 6 heteroatoms. The van der Waals surface area contributed by atoms with Crippen molar-refractivity contribution in [2.45, 2.75) is 20.4 Å². The van der Waals surface area contributed by atoms with Crippen LogP contribution in [0.5, 0.6) is 0 Å². The molecule has 142 valence electrons. The van der Waals surface area contributed by atoms with E-state index in [-0.39, 0.29) is 5.91 Å². The van der Waals surface area contributed by atoms with Crippen molar-refractivity contribution >= 4 is 17.9 Å². The number of hydrogen-bond acceptors (Lipinski definition) is 3. The van der Waals surface area contributed by atoms with Crippen molar-refractivity contribution in [1.29, 1.82) is 0 Å². The molecule has 0 spiro atoms. The molecule has 0 unspecified atom stereocenters. The molecule has 1 heterocycles. The first kappa shape index (κ1) is 19.1. The van der Waals surface area contributed by atoms with E-state index in [0.717, 1.165) is 28.2 Å². The quantitative estimate of drug-likeness (QED) is 0.650. The van der Waals surface area contributed by atoms with Crippen molar-refractivity contribution in [2.75, 3.05) is 0 Å². The summed E-state index contributed by atoms with van der Waals surface area (Å²) in [5, 5.41) is 7.38. The van der Waals surface area contributed by atoms with Crippen LogP contribution in [0, 0.1) is 13.8 Å². The lowest BCUT2D eigenvalue weighted by Gasteiger charge is -2.04. The molecule has 0 bridgehead atoms. The Hall–Kier alpha value is -3.67. The molecule has 0 aliphatic rings.